The molecule has 0 aromatic heterocycles. The molecule has 0 atom stereocenters. The Morgan fingerprint density at radius 3 is 2.00 bits per heavy atom. The first-order valence-corrected chi connectivity index (χ1v) is 9.91. The molecule has 0 unspecified atom stereocenters. The lowest BCUT2D eigenvalue weighted by atomic mass is 10.1. The summed E-state index contributed by atoms with van der Waals surface area (Å²) < 4.78 is 6.62. The largest absolute Gasteiger partial charge is 0.407 e. The average molecular weight is 283 g/mol. The lowest BCUT2D eigenvalue weighted by Gasteiger charge is -2.39. The molecule has 0 amide bonds. The van der Waals surface area contributed by atoms with Crippen LogP contribution in [0.15, 0.2) is 24.3 Å². The highest BCUT2D eigenvalue weighted by Crippen LogP contribution is 2.54. The molecule has 0 N–H and O–H groups in total. The van der Waals surface area contributed by atoms with Crippen molar-refractivity contribution in [2.75, 3.05) is 0 Å². The Hall–Kier alpha value is -0.313. The van der Waals surface area contributed by atoms with Gasteiger partial charge in [0.25, 0.3) is 0 Å². The zero-order valence-corrected chi connectivity index (χ0v) is 13.8. The number of rotatable bonds is 3. The number of hydrogen-bond donors (Lipinski definition) is 0. The average Bonchev–Trinajstić information content (AvgIpc) is 2.97. The third-order valence-corrected chi connectivity index (χ3v) is 9.10. The first-order chi connectivity index (χ1) is 8.16. The van der Waals surface area contributed by atoms with Crippen LogP contribution < -0.4 is 0 Å². The van der Waals surface area contributed by atoms with Crippen molar-refractivity contribution in [3.63, 3.8) is 0 Å². The minimum absolute atomic E-state index is 0.0202. The van der Waals surface area contributed by atoms with Crippen molar-refractivity contribution in [1.82, 2.24) is 0 Å². The van der Waals surface area contributed by atoms with Gasteiger partial charge in [0.05, 0.1) is 5.60 Å². The highest BCUT2D eigenvalue weighted by atomic mass is 35.5. The van der Waals surface area contributed by atoms with Crippen molar-refractivity contribution in [1.29, 1.82) is 0 Å². The number of halogens is 1. The molecule has 0 saturated heterocycles. The highest BCUT2D eigenvalue weighted by molar-refractivity contribution is 6.74. The first kappa shape index (κ1) is 14.1. The van der Waals surface area contributed by atoms with Gasteiger partial charge in [0.2, 0.25) is 0 Å². The fourth-order valence-electron chi connectivity index (χ4n) is 1.96. The van der Waals surface area contributed by atoms with E-state index in [1.165, 1.54) is 5.56 Å². The second-order valence-electron chi connectivity index (χ2n) is 6.86. The summed E-state index contributed by atoms with van der Waals surface area (Å²) in [5.74, 6) is 0. The van der Waals surface area contributed by atoms with Crippen molar-refractivity contribution in [3.05, 3.63) is 34.9 Å². The standard InChI is InChI=1S/C15H23ClOSi/c1-14(2,3)18(4,5)17-15(10-11-15)12-6-8-13(16)9-7-12/h6-9H,10-11H2,1-5H3. The monoisotopic (exact) mass is 282 g/mol. The van der Waals surface area contributed by atoms with Gasteiger partial charge in [-0.15, -0.1) is 0 Å². The van der Waals surface area contributed by atoms with E-state index in [2.05, 4.69) is 46.0 Å². The normalized spacial score (nSPS) is 18.8. The van der Waals surface area contributed by atoms with Crippen LogP contribution in [0.25, 0.3) is 0 Å². The van der Waals surface area contributed by atoms with Gasteiger partial charge >= 0.3 is 0 Å². The maximum atomic E-state index is 6.62. The van der Waals surface area contributed by atoms with Gasteiger partial charge in [-0.05, 0) is 48.7 Å². The molecule has 1 aliphatic carbocycles. The first-order valence-electron chi connectivity index (χ1n) is 6.63. The van der Waals surface area contributed by atoms with Gasteiger partial charge in [0.15, 0.2) is 8.32 Å². The van der Waals surface area contributed by atoms with E-state index in [0.29, 0.717) is 0 Å². The summed E-state index contributed by atoms with van der Waals surface area (Å²) in [5.41, 5.74) is 1.27. The summed E-state index contributed by atoms with van der Waals surface area (Å²) in [5, 5.41) is 1.05. The SMILES string of the molecule is CC(C)(C)[Si](C)(C)OC1(c2ccc(Cl)cc2)CC1. The van der Waals surface area contributed by atoms with Crippen molar-refractivity contribution in [2.24, 2.45) is 0 Å². The van der Waals surface area contributed by atoms with Gasteiger partial charge in [-0.1, -0.05) is 44.5 Å². The molecule has 0 bridgehead atoms. The van der Waals surface area contributed by atoms with Gasteiger partial charge in [-0.2, -0.15) is 0 Å². The summed E-state index contributed by atoms with van der Waals surface area (Å²) in [6.45, 7) is 11.5. The van der Waals surface area contributed by atoms with E-state index in [4.69, 9.17) is 16.0 Å². The van der Waals surface area contributed by atoms with Crippen LogP contribution >= 0.6 is 11.6 Å². The summed E-state index contributed by atoms with van der Waals surface area (Å²) in [7, 11) is -1.71. The molecule has 3 heteroatoms. The molecule has 100 valence electrons. The Labute approximate surface area is 117 Å². The van der Waals surface area contributed by atoms with Crippen LogP contribution in [0.3, 0.4) is 0 Å². The van der Waals surface area contributed by atoms with Gasteiger partial charge in [0, 0.05) is 5.02 Å². The predicted molar refractivity (Wildman–Crippen MR) is 80.6 cm³/mol. The summed E-state index contributed by atoms with van der Waals surface area (Å²) in [4.78, 5) is 0. The maximum absolute atomic E-state index is 6.62. The second kappa shape index (κ2) is 4.36. The van der Waals surface area contributed by atoms with E-state index in [9.17, 15) is 0 Å². The van der Waals surface area contributed by atoms with Crippen LogP contribution in [0, 0.1) is 0 Å². The van der Waals surface area contributed by atoms with E-state index < -0.39 is 8.32 Å². The van der Waals surface area contributed by atoms with E-state index in [1.54, 1.807) is 0 Å². The van der Waals surface area contributed by atoms with E-state index in [-0.39, 0.29) is 10.6 Å². The maximum Gasteiger partial charge on any atom is 0.193 e. The smallest absolute Gasteiger partial charge is 0.193 e. The van der Waals surface area contributed by atoms with Crippen molar-refractivity contribution in [3.8, 4) is 0 Å². The fraction of sp³-hybridized carbons (Fsp3) is 0.600. The molecule has 1 saturated carbocycles. The van der Waals surface area contributed by atoms with E-state index in [1.807, 2.05) is 12.1 Å². The predicted octanol–water partition coefficient (Wildman–Crippen LogP) is 5.35. The number of benzene rings is 1. The van der Waals surface area contributed by atoms with Crippen LogP contribution in [-0.2, 0) is 10.0 Å². The Kier molecular flexibility index (Phi) is 3.42. The summed E-state index contributed by atoms with van der Waals surface area (Å²) in [6.07, 6.45) is 2.28. The molecule has 0 heterocycles. The molecule has 1 aromatic carbocycles. The van der Waals surface area contributed by atoms with Crippen LogP contribution in [0.4, 0.5) is 0 Å². The Morgan fingerprint density at radius 1 is 1.11 bits per heavy atom. The van der Waals surface area contributed by atoms with E-state index in [0.717, 1.165) is 17.9 Å². The van der Waals surface area contributed by atoms with Gasteiger partial charge in [0.1, 0.15) is 0 Å². The van der Waals surface area contributed by atoms with Gasteiger partial charge in [-0.25, -0.2) is 0 Å². The zero-order chi connectivity index (χ0) is 13.6. The van der Waals surface area contributed by atoms with Crippen molar-refractivity contribution >= 4 is 19.9 Å². The quantitative estimate of drug-likeness (QED) is 0.679. The molecule has 1 fully saturated rings. The van der Waals surface area contributed by atoms with Gasteiger partial charge < -0.3 is 4.43 Å². The second-order valence-corrected chi connectivity index (χ2v) is 12.0. The Morgan fingerprint density at radius 2 is 1.61 bits per heavy atom. The molecular weight excluding hydrogens is 260 g/mol. The molecular formula is C15H23ClOSi. The van der Waals surface area contributed by atoms with Crippen molar-refractivity contribution < 1.29 is 4.43 Å². The zero-order valence-electron chi connectivity index (χ0n) is 12.0. The Bertz CT molecular complexity index is 427. The van der Waals surface area contributed by atoms with Crippen LogP contribution in [0.1, 0.15) is 39.2 Å². The molecule has 0 radical (unpaired) electrons. The fourth-order valence-corrected chi connectivity index (χ4v) is 3.69. The van der Waals surface area contributed by atoms with E-state index >= 15 is 0 Å². The topological polar surface area (TPSA) is 9.23 Å². The lowest BCUT2D eigenvalue weighted by molar-refractivity contribution is 0.159. The van der Waals surface area contributed by atoms with Crippen LogP contribution in [0.2, 0.25) is 23.2 Å². The molecule has 0 spiro atoms. The molecule has 1 aliphatic rings. The lowest BCUT2D eigenvalue weighted by Crippen LogP contribution is -2.44. The molecule has 0 aliphatic heterocycles. The van der Waals surface area contributed by atoms with Crippen LogP contribution in [-0.4, -0.2) is 8.32 Å². The summed E-state index contributed by atoms with van der Waals surface area (Å²) in [6, 6.07) is 8.16. The third-order valence-electron chi connectivity index (χ3n) is 4.33. The molecule has 1 nitrogen and oxygen atoms in total. The Balaban J connectivity index is 2.21. The number of hydrogen-bond acceptors (Lipinski definition) is 1. The summed E-state index contributed by atoms with van der Waals surface area (Å²) >= 11 is 5.96. The molecule has 1 aromatic rings. The van der Waals surface area contributed by atoms with Gasteiger partial charge in [-0.3, -0.25) is 0 Å². The minimum atomic E-state index is -1.71. The third kappa shape index (κ3) is 2.66. The minimum Gasteiger partial charge on any atom is -0.407 e. The van der Waals surface area contributed by atoms with Crippen molar-refractivity contribution in [2.45, 2.75) is 57.3 Å². The molecule has 18 heavy (non-hydrogen) atoms. The van der Waals surface area contributed by atoms with Crippen LogP contribution in [0.5, 0.6) is 0 Å². The molecule has 2 rings (SSSR count). The highest BCUT2D eigenvalue weighted by Gasteiger charge is 2.52.